The molecule has 1 unspecified atom stereocenters. The molecule has 0 rings (SSSR count). The molecule has 0 amide bonds. The Hall–Kier alpha value is -4.19. The van der Waals surface area contributed by atoms with Crippen LogP contribution in [0.4, 0.5) is 0 Å². The number of esters is 3. The maximum Gasteiger partial charge on any atom is 0.306 e. The molecule has 6 nitrogen and oxygen atoms in total. The van der Waals surface area contributed by atoms with Crippen molar-refractivity contribution in [1.82, 2.24) is 0 Å². The van der Waals surface area contributed by atoms with Crippen LogP contribution in [0.2, 0.25) is 0 Å². The lowest BCUT2D eigenvalue weighted by atomic mass is 10.1. The second kappa shape index (κ2) is 70.3. The van der Waals surface area contributed by atoms with Gasteiger partial charge in [0.25, 0.3) is 0 Å². The number of allylic oxidation sites excluding steroid dienone is 20. The molecule has 0 saturated carbocycles. The van der Waals surface area contributed by atoms with Crippen molar-refractivity contribution in [2.24, 2.45) is 0 Å². The molecule has 0 aromatic rings. The number of ether oxygens (including phenoxy) is 3. The summed E-state index contributed by atoms with van der Waals surface area (Å²) in [4.78, 5) is 38.4. The van der Waals surface area contributed by atoms with E-state index in [1.165, 1.54) is 161 Å². The second-order valence-corrected chi connectivity index (χ2v) is 23.1. The van der Waals surface area contributed by atoms with Crippen LogP contribution in [-0.2, 0) is 28.6 Å². The van der Waals surface area contributed by atoms with E-state index in [0.29, 0.717) is 19.3 Å². The lowest BCUT2D eigenvalue weighted by Crippen LogP contribution is -2.30. The molecule has 0 aliphatic heterocycles. The zero-order valence-electron chi connectivity index (χ0n) is 54.4. The molecule has 0 heterocycles. The number of unbranched alkanes of at least 4 members (excludes halogenated alkanes) is 32. The predicted octanol–water partition coefficient (Wildman–Crippen LogP) is 24.3. The standard InChI is InChI=1S/C77H130O6/c1-4-7-10-13-16-19-22-25-27-29-31-33-34-35-36-37-38-39-40-41-42-44-45-47-49-52-55-58-61-64-67-70-76(79)82-73-74(72-81-75(78)69-66-63-60-57-54-51-24-21-18-15-12-9-6-3)83-77(80)71-68-65-62-59-56-53-50-48-46-43-32-30-28-26-23-20-17-14-11-8-5-2/h7,10,16,19,21,24-25,27,30-33,35-36,38-39,41-42,45,47,74H,4-6,8-9,11-15,17-18,20,22-23,26,28-29,34,37,40,43-44,46,48-73H2,1-3H3/b10-7-,19-16-,24-21-,27-25-,32-30-,33-31-,36-35-,39-38-,42-41-,47-45-. The Balaban J connectivity index is 4.34. The summed E-state index contributed by atoms with van der Waals surface area (Å²) in [5.41, 5.74) is 0. The largest absolute Gasteiger partial charge is 0.462 e. The highest BCUT2D eigenvalue weighted by atomic mass is 16.6. The van der Waals surface area contributed by atoms with Gasteiger partial charge in [0.05, 0.1) is 0 Å². The molecule has 0 N–H and O–H groups in total. The van der Waals surface area contributed by atoms with Gasteiger partial charge in [0.1, 0.15) is 13.2 Å². The van der Waals surface area contributed by atoms with Crippen LogP contribution in [0.15, 0.2) is 122 Å². The quantitative estimate of drug-likeness (QED) is 0.0261. The summed E-state index contributed by atoms with van der Waals surface area (Å²) in [5.74, 6) is -0.904. The summed E-state index contributed by atoms with van der Waals surface area (Å²) in [6, 6.07) is 0. The first-order valence-corrected chi connectivity index (χ1v) is 35.0. The van der Waals surface area contributed by atoms with E-state index in [-0.39, 0.29) is 31.1 Å². The van der Waals surface area contributed by atoms with Crippen molar-refractivity contribution in [3.8, 4) is 0 Å². The van der Waals surface area contributed by atoms with Gasteiger partial charge in [-0.1, -0.05) is 296 Å². The highest BCUT2D eigenvalue weighted by Gasteiger charge is 2.19. The highest BCUT2D eigenvalue weighted by molar-refractivity contribution is 5.71. The third kappa shape index (κ3) is 68.5. The molecule has 474 valence electrons. The molecule has 0 radical (unpaired) electrons. The van der Waals surface area contributed by atoms with Gasteiger partial charge in [0, 0.05) is 19.3 Å². The van der Waals surface area contributed by atoms with E-state index in [2.05, 4.69) is 142 Å². The van der Waals surface area contributed by atoms with Crippen molar-refractivity contribution in [2.75, 3.05) is 13.2 Å². The van der Waals surface area contributed by atoms with Crippen LogP contribution in [-0.4, -0.2) is 37.2 Å². The Bertz CT molecular complexity index is 1700. The fraction of sp³-hybridized carbons (Fsp3) is 0.701. The lowest BCUT2D eigenvalue weighted by Gasteiger charge is -2.18. The van der Waals surface area contributed by atoms with Crippen LogP contribution in [0.1, 0.15) is 329 Å². The molecular weight excluding hydrogens is 1020 g/mol. The normalized spacial score (nSPS) is 12.9. The summed E-state index contributed by atoms with van der Waals surface area (Å²) in [6.45, 7) is 6.52. The Kier molecular flexibility index (Phi) is 66.7. The average molecular weight is 1150 g/mol. The number of carbonyl (C=O) groups is 3. The number of carbonyl (C=O) groups excluding carboxylic acids is 3. The number of hydrogen-bond acceptors (Lipinski definition) is 6. The first-order chi connectivity index (χ1) is 41.0. The van der Waals surface area contributed by atoms with Gasteiger partial charge >= 0.3 is 17.9 Å². The maximum atomic E-state index is 12.9. The second-order valence-electron chi connectivity index (χ2n) is 23.1. The Morgan fingerprint density at radius 2 is 0.470 bits per heavy atom. The summed E-state index contributed by atoms with van der Waals surface area (Å²) in [5, 5.41) is 0. The average Bonchev–Trinajstić information content (AvgIpc) is 3.49. The van der Waals surface area contributed by atoms with Gasteiger partial charge in [-0.2, -0.15) is 0 Å². The van der Waals surface area contributed by atoms with E-state index in [1.54, 1.807) is 0 Å². The maximum absolute atomic E-state index is 12.9. The highest BCUT2D eigenvalue weighted by Crippen LogP contribution is 2.16. The van der Waals surface area contributed by atoms with Crippen LogP contribution < -0.4 is 0 Å². The van der Waals surface area contributed by atoms with Gasteiger partial charge in [-0.15, -0.1) is 0 Å². The molecule has 0 aromatic heterocycles. The summed E-state index contributed by atoms with van der Waals surface area (Å²) < 4.78 is 16.9. The van der Waals surface area contributed by atoms with Crippen LogP contribution in [0, 0.1) is 0 Å². The van der Waals surface area contributed by atoms with E-state index in [9.17, 15) is 14.4 Å². The summed E-state index contributed by atoms with van der Waals surface area (Å²) in [7, 11) is 0. The fourth-order valence-corrected chi connectivity index (χ4v) is 9.68. The van der Waals surface area contributed by atoms with Gasteiger partial charge in [-0.3, -0.25) is 14.4 Å². The van der Waals surface area contributed by atoms with Crippen LogP contribution in [0.25, 0.3) is 0 Å². The Morgan fingerprint density at radius 1 is 0.253 bits per heavy atom. The first-order valence-electron chi connectivity index (χ1n) is 35.0. The molecule has 0 aliphatic carbocycles. The molecule has 0 aromatic carbocycles. The number of rotatable bonds is 63. The first kappa shape index (κ1) is 78.8. The van der Waals surface area contributed by atoms with Gasteiger partial charge < -0.3 is 14.2 Å². The van der Waals surface area contributed by atoms with E-state index >= 15 is 0 Å². The third-order valence-electron chi connectivity index (χ3n) is 14.9. The van der Waals surface area contributed by atoms with Crippen LogP contribution in [0.5, 0.6) is 0 Å². The molecule has 6 heteroatoms. The van der Waals surface area contributed by atoms with Crippen molar-refractivity contribution in [3.05, 3.63) is 122 Å². The molecule has 0 saturated heterocycles. The monoisotopic (exact) mass is 1150 g/mol. The fourth-order valence-electron chi connectivity index (χ4n) is 9.68. The van der Waals surface area contributed by atoms with Gasteiger partial charge in [0.15, 0.2) is 6.10 Å². The molecule has 0 bridgehead atoms. The topological polar surface area (TPSA) is 78.9 Å². The smallest absolute Gasteiger partial charge is 0.306 e. The van der Waals surface area contributed by atoms with Crippen molar-refractivity contribution < 1.29 is 28.6 Å². The van der Waals surface area contributed by atoms with Crippen molar-refractivity contribution in [2.45, 2.75) is 335 Å². The Morgan fingerprint density at radius 3 is 0.759 bits per heavy atom. The summed E-state index contributed by atoms with van der Waals surface area (Å²) in [6.07, 6.45) is 97.9. The zero-order chi connectivity index (χ0) is 59.9. The molecule has 0 aliphatic rings. The minimum absolute atomic E-state index is 0.0881. The van der Waals surface area contributed by atoms with Crippen molar-refractivity contribution in [3.63, 3.8) is 0 Å². The van der Waals surface area contributed by atoms with Crippen LogP contribution >= 0.6 is 0 Å². The Labute approximate surface area is 513 Å². The van der Waals surface area contributed by atoms with Gasteiger partial charge in [0.2, 0.25) is 0 Å². The molecule has 83 heavy (non-hydrogen) atoms. The SMILES string of the molecule is CC/C=C\C/C=C\C/C=C\C/C=C\C/C=C\C/C=C\C/C=C\C/C=C\CCCCCCCCC(=O)OCC(COC(=O)CCCCCCC/C=C\CCCCCC)OC(=O)CCCCCCCCCCC/C=C\CCCCCCCCCC. The van der Waals surface area contributed by atoms with E-state index in [4.69, 9.17) is 14.2 Å². The van der Waals surface area contributed by atoms with Crippen molar-refractivity contribution >= 4 is 17.9 Å². The predicted molar refractivity (Wildman–Crippen MR) is 362 cm³/mol. The molecule has 0 spiro atoms. The van der Waals surface area contributed by atoms with E-state index in [1.807, 2.05) is 0 Å². The number of hydrogen-bond donors (Lipinski definition) is 0. The van der Waals surface area contributed by atoms with Crippen LogP contribution in [0.3, 0.4) is 0 Å². The lowest BCUT2D eigenvalue weighted by molar-refractivity contribution is -0.167. The molecule has 0 fully saturated rings. The zero-order valence-corrected chi connectivity index (χ0v) is 54.4. The van der Waals surface area contributed by atoms with Gasteiger partial charge in [-0.05, 0) is 135 Å². The van der Waals surface area contributed by atoms with E-state index in [0.717, 1.165) is 128 Å². The van der Waals surface area contributed by atoms with Crippen molar-refractivity contribution in [1.29, 1.82) is 0 Å². The molecular formula is C77H130O6. The van der Waals surface area contributed by atoms with Gasteiger partial charge in [-0.25, -0.2) is 0 Å². The third-order valence-corrected chi connectivity index (χ3v) is 14.9. The minimum atomic E-state index is -0.793. The minimum Gasteiger partial charge on any atom is -0.462 e. The summed E-state index contributed by atoms with van der Waals surface area (Å²) >= 11 is 0. The van der Waals surface area contributed by atoms with E-state index < -0.39 is 6.10 Å². The molecule has 1 atom stereocenters.